The summed E-state index contributed by atoms with van der Waals surface area (Å²) in [6, 6.07) is 17.1. The molecule has 0 fully saturated rings. The van der Waals surface area contributed by atoms with Crippen LogP contribution in [0.15, 0.2) is 59.8 Å². The van der Waals surface area contributed by atoms with E-state index in [1.54, 1.807) is 7.11 Å². The summed E-state index contributed by atoms with van der Waals surface area (Å²) < 4.78 is 7.41. The highest BCUT2D eigenvalue weighted by Gasteiger charge is 2.17. The Hall–Kier alpha value is -2.80. The molecular weight excluding hydrogens is 348 g/mol. The third-order valence-electron chi connectivity index (χ3n) is 3.77. The number of anilines is 1. The third-order valence-corrected chi connectivity index (χ3v) is 4.74. The molecule has 1 heterocycles. The molecule has 0 saturated carbocycles. The van der Waals surface area contributed by atoms with Crippen LogP contribution in [-0.2, 0) is 11.3 Å². The number of rotatable bonds is 7. The average molecular weight is 368 g/mol. The fourth-order valence-electron chi connectivity index (χ4n) is 2.56. The zero-order chi connectivity index (χ0) is 18.4. The van der Waals surface area contributed by atoms with E-state index in [-0.39, 0.29) is 11.7 Å². The predicted molar refractivity (Wildman–Crippen MR) is 103 cm³/mol. The van der Waals surface area contributed by atoms with Gasteiger partial charge in [-0.1, -0.05) is 42.1 Å². The van der Waals surface area contributed by atoms with E-state index in [1.165, 1.54) is 11.8 Å². The van der Waals surface area contributed by atoms with Gasteiger partial charge in [-0.05, 0) is 31.2 Å². The van der Waals surface area contributed by atoms with Crippen LogP contribution in [0.3, 0.4) is 0 Å². The van der Waals surface area contributed by atoms with E-state index in [0.717, 1.165) is 22.8 Å². The van der Waals surface area contributed by atoms with Gasteiger partial charge < -0.3 is 14.6 Å². The summed E-state index contributed by atoms with van der Waals surface area (Å²) in [5.74, 6) is 1.66. The number of amides is 1. The molecule has 0 atom stereocenters. The van der Waals surface area contributed by atoms with Crippen LogP contribution in [0.4, 0.5) is 5.69 Å². The molecule has 1 aromatic heterocycles. The first-order valence-corrected chi connectivity index (χ1v) is 9.25. The molecule has 26 heavy (non-hydrogen) atoms. The summed E-state index contributed by atoms with van der Waals surface area (Å²) in [7, 11) is 1.63. The fraction of sp³-hybridized carbons (Fsp3) is 0.211. The van der Waals surface area contributed by atoms with Crippen LogP contribution >= 0.6 is 11.8 Å². The molecule has 1 N–H and O–H groups in total. The van der Waals surface area contributed by atoms with Gasteiger partial charge >= 0.3 is 0 Å². The SMILES string of the molecule is CCn1c(SCC(=O)Nc2ccccc2)nnc1-c1ccccc1OC. The van der Waals surface area contributed by atoms with Crippen molar-refractivity contribution in [3.8, 4) is 17.1 Å². The third kappa shape index (κ3) is 4.05. The van der Waals surface area contributed by atoms with Gasteiger partial charge in [-0.25, -0.2) is 0 Å². The Morgan fingerprint density at radius 2 is 1.85 bits per heavy atom. The van der Waals surface area contributed by atoms with Crippen LogP contribution in [-0.4, -0.2) is 33.5 Å². The van der Waals surface area contributed by atoms with Gasteiger partial charge in [0.15, 0.2) is 11.0 Å². The number of benzene rings is 2. The summed E-state index contributed by atoms with van der Waals surface area (Å²) in [6.45, 7) is 2.72. The van der Waals surface area contributed by atoms with Crippen LogP contribution in [0.25, 0.3) is 11.4 Å². The molecule has 0 bridgehead atoms. The van der Waals surface area contributed by atoms with Crippen molar-refractivity contribution in [1.82, 2.24) is 14.8 Å². The number of carbonyl (C=O) groups excluding carboxylic acids is 1. The van der Waals surface area contributed by atoms with Crippen molar-refractivity contribution < 1.29 is 9.53 Å². The molecule has 0 aliphatic rings. The van der Waals surface area contributed by atoms with E-state index in [0.29, 0.717) is 11.7 Å². The van der Waals surface area contributed by atoms with Gasteiger partial charge in [0.2, 0.25) is 5.91 Å². The maximum Gasteiger partial charge on any atom is 0.234 e. The lowest BCUT2D eigenvalue weighted by molar-refractivity contribution is -0.113. The van der Waals surface area contributed by atoms with E-state index < -0.39 is 0 Å². The quantitative estimate of drug-likeness (QED) is 0.644. The number of ether oxygens (including phenoxy) is 1. The van der Waals surface area contributed by atoms with Crippen LogP contribution in [0, 0.1) is 0 Å². The highest BCUT2D eigenvalue weighted by atomic mass is 32.2. The Bertz CT molecular complexity index is 880. The first-order valence-electron chi connectivity index (χ1n) is 8.27. The molecule has 7 heteroatoms. The maximum absolute atomic E-state index is 12.2. The second-order valence-electron chi connectivity index (χ2n) is 5.45. The fourth-order valence-corrected chi connectivity index (χ4v) is 3.36. The van der Waals surface area contributed by atoms with Crippen LogP contribution < -0.4 is 10.1 Å². The molecule has 0 saturated heterocycles. The first kappa shape index (κ1) is 18.0. The van der Waals surface area contributed by atoms with Crippen LogP contribution in [0.5, 0.6) is 5.75 Å². The number of nitrogens with one attached hydrogen (secondary N) is 1. The van der Waals surface area contributed by atoms with Gasteiger partial charge in [-0.15, -0.1) is 10.2 Å². The second kappa shape index (κ2) is 8.53. The van der Waals surface area contributed by atoms with E-state index in [9.17, 15) is 4.79 Å². The van der Waals surface area contributed by atoms with Gasteiger partial charge in [0, 0.05) is 12.2 Å². The molecule has 0 spiro atoms. The molecule has 134 valence electrons. The number of methoxy groups -OCH3 is 1. The zero-order valence-electron chi connectivity index (χ0n) is 14.7. The van der Waals surface area contributed by atoms with Gasteiger partial charge in [0.05, 0.1) is 18.4 Å². The topological polar surface area (TPSA) is 69.0 Å². The van der Waals surface area contributed by atoms with E-state index in [4.69, 9.17) is 4.74 Å². The van der Waals surface area contributed by atoms with Gasteiger partial charge in [0.1, 0.15) is 5.75 Å². The Labute approximate surface area is 156 Å². The Balaban J connectivity index is 1.73. The number of aromatic nitrogens is 3. The monoisotopic (exact) mass is 368 g/mol. The van der Waals surface area contributed by atoms with Crippen molar-refractivity contribution in [3.63, 3.8) is 0 Å². The Morgan fingerprint density at radius 3 is 2.58 bits per heavy atom. The van der Waals surface area contributed by atoms with Crippen molar-refractivity contribution in [2.24, 2.45) is 0 Å². The molecule has 0 radical (unpaired) electrons. The van der Waals surface area contributed by atoms with Crippen molar-refractivity contribution in [2.75, 3.05) is 18.2 Å². The van der Waals surface area contributed by atoms with Crippen molar-refractivity contribution in [2.45, 2.75) is 18.6 Å². The normalized spacial score (nSPS) is 10.5. The summed E-state index contributed by atoms with van der Waals surface area (Å²) in [5, 5.41) is 12.1. The van der Waals surface area contributed by atoms with E-state index in [1.807, 2.05) is 66.1 Å². The molecule has 1 amide bonds. The van der Waals surface area contributed by atoms with E-state index >= 15 is 0 Å². The molecule has 0 aliphatic heterocycles. The number of thioether (sulfide) groups is 1. The highest BCUT2D eigenvalue weighted by Crippen LogP contribution is 2.30. The Kier molecular flexibility index (Phi) is 5.91. The minimum atomic E-state index is -0.0781. The minimum Gasteiger partial charge on any atom is -0.496 e. The van der Waals surface area contributed by atoms with Crippen LogP contribution in [0.1, 0.15) is 6.92 Å². The molecule has 3 aromatic rings. The van der Waals surface area contributed by atoms with Gasteiger partial charge in [0.25, 0.3) is 0 Å². The lowest BCUT2D eigenvalue weighted by Gasteiger charge is -2.10. The lowest BCUT2D eigenvalue weighted by Crippen LogP contribution is -2.14. The number of carbonyl (C=O) groups is 1. The van der Waals surface area contributed by atoms with Gasteiger partial charge in [-0.3, -0.25) is 4.79 Å². The highest BCUT2D eigenvalue weighted by molar-refractivity contribution is 7.99. The maximum atomic E-state index is 12.2. The largest absolute Gasteiger partial charge is 0.496 e. The van der Waals surface area contributed by atoms with Crippen molar-refractivity contribution in [1.29, 1.82) is 0 Å². The van der Waals surface area contributed by atoms with Gasteiger partial charge in [-0.2, -0.15) is 0 Å². The molecule has 2 aromatic carbocycles. The molecular formula is C19H20N4O2S. The van der Waals surface area contributed by atoms with Crippen molar-refractivity contribution >= 4 is 23.4 Å². The number of hydrogen-bond acceptors (Lipinski definition) is 5. The molecule has 0 aliphatic carbocycles. The summed E-state index contributed by atoms with van der Waals surface area (Å²) in [5.41, 5.74) is 1.66. The lowest BCUT2D eigenvalue weighted by atomic mass is 10.2. The van der Waals surface area contributed by atoms with Crippen molar-refractivity contribution in [3.05, 3.63) is 54.6 Å². The number of nitrogens with zero attached hydrogens (tertiary/aromatic N) is 3. The molecule has 0 unspecified atom stereocenters. The standard InChI is InChI=1S/C19H20N4O2S/c1-3-23-18(15-11-7-8-12-16(15)25-2)21-22-19(23)26-13-17(24)20-14-9-5-4-6-10-14/h4-12H,3,13H2,1-2H3,(H,20,24). The number of hydrogen-bond donors (Lipinski definition) is 1. The number of para-hydroxylation sites is 2. The minimum absolute atomic E-state index is 0.0781. The zero-order valence-corrected chi connectivity index (χ0v) is 15.5. The Morgan fingerprint density at radius 1 is 1.12 bits per heavy atom. The summed E-state index contributed by atoms with van der Waals surface area (Å²) in [4.78, 5) is 12.2. The van der Waals surface area contributed by atoms with Crippen LogP contribution in [0.2, 0.25) is 0 Å². The second-order valence-corrected chi connectivity index (χ2v) is 6.40. The smallest absolute Gasteiger partial charge is 0.234 e. The molecule has 6 nitrogen and oxygen atoms in total. The summed E-state index contributed by atoms with van der Waals surface area (Å²) >= 11 is 1.36. The van der Waals surface area contributed by atoms with E-state index in [2.05, 4.69) is 15.5 Å². The predicted octanol–water partition coefficient (Wildman–Crippen LogP) is 3.70. The summed E-state index contributed by atoms with van der Waals surface area (Å²) in [6.07, 6.45) is 0. The molecule has 3 rings (SSSR count). The average Bonchev–Trinajstić information content (AvgIpc) is 3.09. The first-order chi connectivity index (χ1) is 12.7.